The van der Waals surface area contributed by atoms with Crippen LogP contribution in [-0.2, 0) is 0 Å². The molecule has 0 saturated heterocycles. The number of hydrogen-bond acceptors (Lipinski definition) is 3. The topological polar surface area (TPSA) is 30.7 Å². The molecule has 3 heterocycles. The van der Waals surface area contributed by atoms with Crippen molar-refractivity contribution in [3.05, 3.63) is 152 Å². The molecule has 0 atom stereocenters. The summed E-state index contributed by atoms with van der Waals surface area (Å²) in [7, 11) is 0. The van der Waals surface area contributed by atoms with E-state index in [1.54, 1.807) is 0 Å². The Kier molecular flexibility index (Phi) is 5.45. The first kappa shape index (κ1) is 25.5. The van der Waals surface area contributed by atoms with E-state index in [9.17, 15) is 0 Å². The van der Waals surface area contributed by atoms with E-state index in [1.165, 1.54) is 47.3 Å². The molecule has 0 radical (unpaired) electrons. The maximum atomic E-state index is 5.49. The van der Waals surface area contributed by atoms with E-state index in [2.05, 4.69) is 156 Å². The third-order valence-electron chi connectivity index (χ3n) is 9.19. The van der Waals surface area contributed by atoms with Crippen LogP contribution in [0.2, 0.25) is 0 Å². The summed E-state index contributed by atoms with van der Waals surface area (Å²) in [6.45, 7) is 0. The normalized spacial score (nSPS) is 11.9. The number of benzene rings is 7. The Morgan fingerprint density at radius 2 is 1.20 bits per heavy atom. The van der Waals surface area contributed by atoms with Crippen LogP contribution in [0, 0.1) is 0 Å². The van der Waals surface area contributed by atoms with Crippen molar-refractivity contribution in [3.8, 4) is 28.3 Å². The summed E-state index contributed by atoms with van der Waals surface area (Å²) < 4.78 is 4.79. The molecule has 0 N–H and O–H groups in total. The van der Waals surface area contributed by atoms with Crippen LogP contribution in [0.4, 0.5) is 0 Å². The first-order valence-corrected chi connectivity index (χ1v) is 16.3. The Morgan fingerprint density at radius 3 is 2.09 bits per heavy atom. The number of aromatic nitrogens is 3. The molecule has 0 amide bonds. The fourth-order valence-corrected chi connectivity index (χ4v) is 8.21. The van der Waals surface area contributed by atoms with E-state index in [1.807, 2.05) is 11.3 Å². The lowest BCUT2D eigenvalue weighted by molar-refractivity contribution is 1.01. The number of thiophene rings is 1. The van der Waals surface area contributed by atoms with E-state index in [0.29, 0.717) is 5.95 Å². The van der Waals surface area contributed by atoms with Crippen LogP contribution in [0.5, 0.6) is 0 Å². The molecule has 0 aliphatic rings. The standard InChI is InChI=1S/C42H25N3S/c1-2-11-26(12-3-1)29-21-22-31-35(24-29)43-42(44-41(31)33-17-10-20-39-40(33)32-16-7-9-19-38(32)46-39)45-36-18-8-6-15-30(36)34-23-27-13-4-5-14-28(27)25-37(34)45/h1-25H. The summed E-state index contributed by atoms with van der Waals surface area (Å²) in [6, 6.07) is 54.2. The Morgan fingerprint density at radius 1 is 0.457 bits per heavy atom. The first-order valence-electron chi connectivity index (χ1n) is 15.5. The van der Waals surface area contributed by atoms with Crippen LogP contribution in [0.25, 0.3) is 92.0 Å². The van der Waals surface area contributed by atoms with Crippen LogP contribution < -0.4 is 0 Å². The van der Waals surface area contributed by atoms with Gasteiger partial charge < -0.3 is 0 Å². The summed E-state index contributed by atoms with van der Waals surface area (Å²) in [5.74, 6) is 0.672. The molecule has 7 aromatic carbocycles. The number of para-hydroxylation sites is 1. The minimum atomic E-state index is 0.672. The molecular formula is C42H25N3S. The molecule has 4 heteroatoms. The molecule has 10 aromatic rings. The first-order chi connectivity index (χ1) is 22.8. The summed E-state index contributed by atoms with van der Waals surface area (Å²) in [4.78, 5) is 10.8. The Balaban J connectivity index is 1.34. The van der Waals surface area contributed by atoms with Gasteiger partial charge in [0.15, 0.2) is 0 Å². The largest absolute Gasteiger partial charge is 0.278 e. The second-order valence-electron chi connectivity index (χ2n) is 11.8. The Hall–Kier alpha value is -5.84. The van der Waals surface area contributed by atoms with E-state index in [4.69, 9.17) is 9.97 Å². The molecule has 0 spiro atoms. The fraction of sp³-hybridized carbons (Fsp3) is 0. The molecular weight excluding hydrogens is 579 g/mol. The van der Waals surface area contributed by atoms with Gasteiger partial charge in [-0.05, 0) is 64.4 Å². The highest BCUT2D eigenvalue weighted by Gasteiger charge is 2.20. The molecule has 10 rings (SSSR count). The number of nitrogens with zero attached hydrogens (tertiary/aromatic N) is 3. The van der Waals surface area contributed by atoms with Crippen LogP contribution >= 0.6 is 11.3 Å². The number of fused-ring (bicyclic) bond motifs is 8. The van der Waals surface area contributed by atoms with Gasteiger partial charge in [-0.2, -0.15) is 0 Å². The third-order valence-corrected chi connectivity index (χ3v) is 10.3. The van der Waals surface area contributed by atoms with Crippen molar-refractivity contribution in [3.63, 3.8) is 0 Å². The summed E-state index contributed by atoms with van der Waals surface area (Å²) in [5.41, 5.74) is 7.49. The van der Waals surface area contributed by atoms with Crippen molar-refractivity contribution >= 4 is 75.0 Å². The lowest BCUT2D eigenvalue weighted by atomic mass is 9.98. The molecule has 46 heavy (non-hydrogen) atoms. The summed E-state index contributed by atoms with van der Waals surface area (Å²) >= 11 is 1.83. The van der Waals surface area contributed by atoms with Crippen molar-refractivity contribution in [1.29, 1.82) is 0 Å². The third kappa shape index (κ3) is 3.77. The van der Waals surface area contributed by atoms with Gasteiger partial charge in [0.25, 0.3) is 0 Å². The van der Waals surface area contributed by atoms with Gasteiger partial charge in [-0.3, -0.25) is 4.57 Å². The zero-order valence-electron chi connectivity index (χ0n) is 24.7. The molecule has 0 aliphatic carbocycles. The highest BCUT2D eigenvalue weighted by atomic mass is 32.1. The molecule has 0 bridgehead atoms. The molecule has 0 saturated carbocycles. The lowest BCUT2D eigenvalue weighted by Crippen LogP contribution is -2.03. The second kappa shape index (κ2) is 9.83. The van der Waals surface area contributed by atoms with Crippen molar-refractivity contribution in [2.24, 2.45) is 0 Å². The van der Waals surface area contributed by atoms with E-state index >= 15 is 0 Å². The van der Waals surface area contributed by atoms with E-state index in [-0.39, 0.29) is 0 Å². The van der Waals surface area contributed by atoms with Gasteiger partial charge >= 0.3 is 0 Å². The molecule has 214 valence electrons. The molecule has 3 aromatic heterocycles. The fourth-order valence-electron chi connectivity index (χ4n) is 7.08. The van der Waals surface area contributed by atoms with Gasteiger partial charge in [-0.1, -0.05) is 109 Å². The maximum Gasteiger partial charge on any atom is 0.235 e. The van der Waals surface area contributed by atoms with Gasteiger partial charge in [-0.25, -0.2) is 9.97 Å². The SMILES string of the molecule is c1ccc(-c2ccc3c(-c4cccc5sc6ccccc6c45)nc(-n4c5ccccc5c5cc6ccccc6cc54)nc3c2)cc1. The van der Waals surface area contributed by atoms with Gasteiger partial charge in [0, 0.05) is 41.9 Å². The molecule has 0 fully saturated rings. The quantitative estimate of drug-likeness (QED) is 0.201. The van der Waals surface area contributed by atoms with Crippen LogP contribution in [0.15, 0.2) is 152 Å². The monoisotopic (exact) mass is 603 g/mol. The summed E-state index contributed by atoms with van der Waals surface area (Å²) in [6.07, 6.45) is 0. The number of rotatable bonds is 3. The Bertz CT molecular complexity index is 2810. The highest BCUT2D eigenvalue weighted by molar-refractivity contribution is 7.25. The van der Waals surface area contributed by atoms with Gasteiger partial charge in [0.2, 0.25) is 5.95 Å². The van der Waals surface area contributed by atoms with Crippen molar-refractivity contribution in [2.45, 2.75) is 0 Å². The highest BCUT2D eigenvalue weighted by Crippen LogP contribution is 2.42. The zero-order chi connectivity index (χ0) is 30.2. The minimum Gasteiger partial charge on any atom is -0.278 e. The van der Waals surface area contributed by atoms with Crippen molar-refractivity contribution in [2.75, 3.05) is 0 Å². The van der Waals surface area contributed by atoms with Crippen LogP contribution in [-0.4, -0.2) is 14.5 Å². The van der Waals surface area contributed by atoms with Crippen LogP contribution in [0.3, 0.4) is 0 Å². The molecule has 0 unspecified atom stereocenters. The van der Waals surface area contributed by atoms with Crippen molar-refractivity contribution in [1.82, 2.24) is 14.5 Å². The smallest absolute Gasteiger partial charge is 0.235 e. The average Bonchev–Trinajstić information content (AvgIpc) is 3.66. The predicted molar refractivity (Wildman–Crippen MR) is 195 cm³/mol. The number of hydrogen-bond donors (Lipinski definition) is 0. The lowest BCUT2D eigenvalue weighted by Gasteiger charge is -2.14. The van der Waals surface area contributed by atoms with Crippen LogP contribution in [0.1, 0.15) is 0 Å². The van der Waals surface area contributed by atoms with Gasteiger partial charge in [-0.15, -0.1) is 11.3 Å². The Labute approximate surface area is 268 Å². The van der Waals surface area contributed by atoms with Crippen molar-refractivity contribution < 1.29 is 0 Å². The van der Waals surface area contributed by atoms with E-state index in [0.717, 1.165) is 38.8 Å². The average molecular weight is 604 g/mol. The molecule has 0 aliphatic heterocycles. The van der Waals surface area contributed by atoms with E-state index < -0.39 is 0 Å². The minimum absolute atomic E-state index is 0.672. The van der Waals surface area contributed by atoms with Gasteiger partial charge in [0.1, 0.15) is 0 Å². The second-order valence-corrected chi connectivity index (χ2v) is 12.9. The summed E-state index contributed by atoms with van der Waals surface area (Å²) in [5, 5.41) is 8.35. The predicted octanol–water partition coefficient (Wildman–Crippen LogP) is 11.6. The molecule has 3 nitrogen and oxygen atoms in total. The maximum absolute atomic E-state index is 5.49. The zero-order valence-corrected chi connectivity index (χ0v) is 25.5. The van der Waals surface area contributed by atoms with Gasteiger partial charge in [0.05, 0.1) is 22.2 Å².